The van der Waals surface area contributed by atoms with Gasteiger partial charge in [0.15, 0.2) is 0 Å². The topological polar surface area (TPSA) is 113 Å². The number of carbonyl (C=O) groups excluding carboxylic acids is 1. The first-order valence-corrected chi connectivity index (χ1v) is 6.98. The summed E-state index contributed by atoms with van der Waals surface area (Å²) in [4.78, 5) is 21.9. The van der Waals surface area contributed by atoms with Crippen LogP contribution in [0.1, 0.15) is 19.8 Å². The molecular weight excluding hydrogens is 264 g/mol. The zero-order valence-electron chi connectivity index (χ0n) is 9.96. The number of carboxylic acid groups (broad SMARTS) is 1. The number of nitrogens with zero attached hydrogens (tertiary/aromatic N) is 1. The standard InChI is InChI=1S/C9H16N2O6S/c1-2-17-9(14)10-18(15,16)11-5-3-4-7(6-11)8(12)13/h7H,2-6H2,1H3,(H,10,14)(H,12,13)/t7-/m1/s1. The normalized spacial score (nSPS) is 21.3. The van der Waals surface area contributed by atoms with E-state index < -0.39 is 28.2 Å². The van der Waals surface area contributed by atoms with Crippen molar-refractivity contribution < 1.29 is 27.9 Å². The molecule has 0 radical (unpaired) electrons. The Morgan fingerprint density at radius 3 is 2.72 bits per heavy atom. The number of aliphatic carboxylic acids is 1. The fourth-order valence-corrected chi connectivity index (χ4v) is 2.84. The van der Waals surface area contributed by atoms with E-state index in [2.05, 4.69) is 4.74 Å². The molecule has 9 heteroatoms. The third kappa shape index (κ3) is 3.84. The van der Waals surface area contributed by atoms with Gasteiger partial charge in [0.05, 0.1) is 12.5 Å². The van der Waals surface area contributed by atoms with Crippen LogP contribution in [0.5, 0.6) is 0 Å². The van der Waals surface area contributed by atoms with Gasteiger partial charge in [-0.25, -0.2) is 9.52 Å². The molecule has 8 nitrogen and oxygen atoms in total. The number of amides is 1. The lowest BCUT2D eigenvalue weighted by Gasteiger charge is -2.29. The van der Waals surface area contributed by atoms with Crippen LogP contribution in [0.2, 0.25) is 0 Å². The molecule has 18 heavy (non-hydrogen) atoms. The van der Waals surface area contributed by atoms with E-state index in [-0.39, 0.29) is 19.7 Å². The van der Waals surface area contributed by atoms with Crippen LogP contribution in [0, 0.1) is 5.92 Å². The summed E-state index contributed by atoms with van der Waals surface area (Å²) >= 11 is 0. The van der Waals surface area contributed by atoms with Crippen molar-refractivity contribution in [3.05, 3.63) is 0 Å². The van der Waals surface area contributed by atoms with Crippen molar-refractivity contribution in [2.75, 3.05) is 19.7 Å². The fourth-order valence-electron chi connectivity index (χ4n) is 1.69. The van der Waals surface area contributed by atoms with Crippen molar-refractivity contribution in [3.63, 3.8) is 0 Å². The van der Waals surface area contributed by atoms with Gasteiger partial charge in [0, 0.05) is 13.1 Å². The molecule has 0 aromatic carbocycles. The SMILES string of the molecule is CCOC(=O)NS(=O)(=O)N1CCC[C@@H](C(=O)O)C1. The van der Waals surface area contributed by atoms with Gasteiger partial charge in [0.1, 0.15) is 0 Å². The molecule has 1 amide bonds. The van der Waals surface area contributed by atoms with Crippen LogP contribution in [0.15, 0.2) is 0 Å². The lowest BCUT2D eigenvalue weighted by Crippen LogP contribution is -2.49. The van der Waals surface area contributed by atoms with Gasteiger partial charge in [-0.15, -0.1) is 0 Å². The molecule has 0 aliphatic carbocycles. The Morgan fingerprint density at radius 1 is 1.50 bits per heavy atom. The highest BCUT2D eigenvalue weighted by atomic mass is 32.2. The summed E-state index contributed by atoms with van der Waals surface area (Å²) in [6, 6.07) is 0. The molecule has 1 aliphatic rings. The zero-order chi connectivity index (χ0) is 13.8. The zero-order valence-corrected chi connectivity index (χ0v) is 10.8. The minimum absolute atomic E-state index is 0.0547. The molecule has 1 aliphatic heterocycles. The number of hydrogen-bond donors (Lipinski definition) is 2. The number of nitrogens with one attached hydrogen (secondary N) is 1. The number of carboxylic acids is 1. The van der Waals surface area contributed by atoms with E-state index in [1.807, 2.05) is 0 Å². The number of carbonyl (C=O) groups is 2. The average molecular weight is 280 g/mol. The predicted octanol–water partition coefficient (Wildman–Crippen LogP) is -0.226. The quantitative estimate of drug-likeness (QED) is 0.735. The molecule has 1 atom stereocenters. The maximum atomic E-state index is 11.8. The van der Waals surface area contributed by atoms with Crippen LogP contribution in [0.3, 0.4) is 0 Å². The Kier molecular flexibility index (Phi) is 4.91. The summed E-state index contributed by atoms with van der Waals surface area (Å²) in [7, 11) is -4.03. The predicted molar refractivity (Wildman–Crippen MR) is 61.0 cm³/mol. The van der Waals surface area contributed by atoms with Gasteiger partial charge < -0.3 is 9.84 Å². The van der Waals surface area contributed by atoms with E-state index in [4.69, 9.17) is 5.11 Å². The van der Waals surface area contributed by atoms with E-state index in [1.165, 1.54) is 0 Å². The van der Waals surface area contributed by atoms with Crippen molar-refractivity contribution in [1.29, 1.82) is 0 Å². The Labute approximate surface area is 105 Å². The van der Waals surface area contributed by atoms with E-state index in [1.54, 1.807) is 11.6 Å². The first-order chi connectivity index (χ1) is 8.36. The van der Waals surface area contributed by atoms with Crippen LogP contribution in [-0.2, 0) is 19.7 Å². The molecule has 0 spiro atoms. The first kappa shape index (κ1) is 14.7. The highest BCUT2D eigenvalue weighted by Gasteiger charge is 2.33. The largest absolute Gasteiger partial charge is 0.481 e. The van der Waals surface area contributed by atoms with Crippen molar-refractivity contribution in [1.82, 2.24) is 9.03 Å². The molecule has 1 fully saturated rings. The molecule has 1 saturated heterocycles. The van der Waals surface area contributed by atoms with Crippen LogP contribution in [-0.4, -0.2) is 49.6 Å². The van der Waals surface area contributed by atoms with Crippen LogP contribution in [0.25, 0.3) is 0 Å². The van der Waals surface area contributed by atoms with E-state index >= 15 is 0 Å². The molecule has 0 aromatic heterocycles. The summed E-state index contributed by atoms with van der Waals surface area (Å²) in [5, 5.41) is 8.85. The number of hydrogen-bond acceptors (Lipinski definition) is 5. The van der Waals surface area contributed by atoms with Gasteiger partial charge >= 0.3 is 22.3 Å². The number of ether oxygens (including phenoxy) is 1. The Balaban J connectivity index is 2.67. The van der Waals surface area contributed by atoms with Crippen molar-refractivity contribution in [2.45, 2.75) is 19.8 Å². The summed E-state index contributed by atoms with van der Waals surface area (Å²) in [6.45, 7) is 1.66. The average Bonchev–Trinajstić information content (AvgIpc) is 2.28. The molecule has 1 heterocycles. The smallest absolute Gasteiger partial charge is 0.421 e. The minimum Gasteiger partial charge on any atom is -0.481 e. The van der Waals surface area contributed by atoms with Gasteiger partial charge in [-0.1, -0.05) is 0 Å². The van der Waals surface area contributed by atoms with Crippen molar-refractivity contribution in [3.8, 4) is 0 Å². The Morgan fingerprint density at radius 2 is 2.17 bits per heavy atom. The van der Waals surface area contributed by atoms with Gasteiger partial charge in [-0.3, -0.25) is 4.79 Å². The Hall–Kier alpha value is -1.35. The molecule has 0 aromatic rings. The van der Waals surface area contributed by atoms with Crippen LogP contribution >= 0.6 is 0 Å². The monoisotopic (exact) mass is 280 g/mol. The summed E-state index contributed by atoms with van der Waals surface area (Å²) in [5.41, 5.74) is 0. The van der Waals surface area contributed by atoms with E-state index in [0.717, 1.165) is 4.31 Å². The second kappa shape index (κ2) is 6.01. The molecule has 0 bridgehead atoms. The number of piperidine rings is 1. The fraction of sp³-hybridized carbons (Fsp3) is 0.778. The van der Waals surface area contributed by atoms with Crippen molar-refractivity contribution in [2.24, 2.45) is 5.92 Å². The number of rotatable bonds is 4. The molecule has 0 unspecified atom stereocenters. The Bertz CT molecular complexity index is 421. The highest BCUT2D eigenvalue weighted by Crippen LogP contribution is 2.18. The lowest BCUT2D eigenvalue weighted by molar-refractivity contribution is -0.142. The third-order valence-corrected chi connectivity index (χ3v) is 4.00. The van der Waals surface area contributed by atoms with Gasteiger partial charge in [0.2, 0.25) is 0 Å². The van der Waals surface area contributed by atoms with E-state index in [9.17, 15) is 18.0 Å². The molecular formula is C9H16N2O6S. The minimum atomic E-state index is -4.03. The van der Waals surface area contributed by atoms with Crippen LogP contribution in [0.4, 0.5) is 4.79 Å². The highest BCUT2D eigenvalue weighted by molar-refractivity contribution is 7.87. The summed E-state index contributed by atoms with van der Waals surface area (Å²) < 4.78 is 30.7. The molecule has 1 rings (SSSR count). The van der Waals surface area contributed by atoms with Crippen LogP contribution < -0.4 is 4.72 Å². The third-order valence-electron chi connectivity index (χ3n) is 2.56. The first-order valence-electron chi connectivity index (χ1n) is 5.54. The molecule has 0 saturated carbocycles. The van der Waals surface area contributed by atoms with Crippen molar-refractivity contribution >= 4 is 22.3 Å². The van der Waals surface area contributed by atoms with E-state index in [0.29, 0.717) is 12.8 Å². The second-order valence-electron chi connectivity index (χ2n) is 3.86. The van der Waals surface area contributed by atoms with Gasteiger partial charge in [0.25, 0.3) is 0 Å². The molecule has 104 valence electrons. The maximum Gasteiger partial charge on any atom is 0.421 e. The second-order valence-corrected chi connectivity index (χ2v) is 5.53. The summed E-state index contributed by atoms with van der Waals surface area (Å²) in [6.07, 6.45) is -0.184. The van der Waals surface area contributed by atoms with Gasteiger partial charge in [-0.2, -0.15) is 12.7 Å². The lowest BCUT2D eigenvalue weighted by atomic mass is 10.0. The molecule has 2 N–H and O–H groups in total. The van der Waals surface area contributed by atoms with Gasteiger partial charge in [-0.05, 0) is 19.8 Å². The summed E-state index contributed by atoms with van der Waals surface area (Å²) in [5.74, 6) is -1.77. The maximum absolute atomic E-state index is 11.8.